The van der Waals surface area contributed by atoms with Crippen LogP contribution >= 0.6 is 15.9 Å². The van der Waals surface area contributed by atoms with Crippen molar-refractivity contribution >= 4 is 21.6 Å². The number of halogens is 2. The van der Waals surface area contributed by atoms with E-state index in [-0.39, 0.29) is 5.82 Å². The molecule has 0 aromatic heterocycles. The van der Waals surface area contributed by atoms with E-state index < -0.39 is 0 Å². The first-order chi connectivity index (χ1) is 8.70. The molecule has 0 atom stereocenters. The molecule has 2 aromatic carbocycles. The van der Waals surface area contributed by atoms with Crippen LogP contribution in [-0.4, -0.2) is 7.11 Å². The highest BCUT2D eigenvalue weighted by Crippen LogP contribution is 2.22. The number of rotatable bonds is 4. The first-order valence-electron chi connectivity index (χ1n) is 5.51. The lowest BCUT2D eigenvalue weighted by atomic mass is 10.2. The molecule has 1 N–H and O–H groups in total. The maximum absolute atomic E-state index is 13.3. The SMILES string of the molecule is COc1ccccc1CNc1ccc(Br)c(F)c1. The summed E-state index contributed by atoms with van der Waals surface area (Å²) in [5, 5.41) is 3.16. The van der Waals surface area contributed by atoms with Gasteiger partial charge in [0.2, 0.25) is 0 Å². The molecule has 0 aliphatic heterocycles. The molecule has 0 bridgehead atoms. The molecule has 4 heteroatoms. The van der Waals surface area contributed by atoms with E-state index in [2.05, 4.69) is 21.2 Å². The van der Waals surface area contributed by atoms with Gasteiger partial charge in [-0.05, 0) is 40.2 Å². The molecular formula is C14H13BrFNO. The van der Waals surface area contributed by atoms with Crippen molar-refractivity contribution in [2.75, 3.05) is 12.4 Å². The zero-order valence-electron chi connectivity index (χ0n) is 9.91. The van der Waals surface area contributed by atoms with Crippen molar-refractivity contribution in [3.05, 3.63) is 58.3 Å². The van der Waals surface area contributed by atoms with E-state index in [1.165, 1.54) is 6.07 Å². The van der Waals surface area contributed by atoms with Gasteiger partial charge in [-0.2, -0.15) is 0 Å². The van der Waals surface area contributed by atoms with Gasteiger partial charge in [0.15, 0.2) is 0 Å². The first kappa shape index (κ1) is 12.9. The average molecular weight is 310 g/mol. The molecule has 0 saturated carbocycles. The van der Waals surface area contributed by atoms with Gasteiger partial charge in [-0.25, -0.2) is 4.39 Å². The van der Waals surface area contributed by atoms with Crippen LogP contribution in [0.5, 0.6) is 5.75 Å². The number of ether oxygens (including phenoxy) is 1. The number of nitrogens with one attached hydrogen (secondary N) is 1. The minimum atomic E-state index is -0.278. The van der Waals surface area contributed by atoms with Gasteiger partial charge in [-0.3, -0.25) is 0 Å². The molecule has 0 aliphatic rings. The summed E-state index contributed by atoms with van der Waals surface area (Å²) < 4.78 is 19.1. The number of hydrogen-bond acceptors (Lipinski definition) is 2. The summed E-state index contributed by atoms with van der Waals surface area (Å²) in [4.78, 5) is 0. The number of para-hydroxylation sites is 1. The smallest absolute Gasteiger partial charge is 0.139 e. The quantitative estimate of drug-likeness (QED) is 0.913. The number of anilines is 1. The second kappa shape index (κ2) is 5.87. The summed E-state index contributed by atoms with van der Waals surface area (Å²) in [7, 11) is 1.64. The van der Waals surface area contributed by atoms with Crippen molar-refractivity contribution in [3.63, 3.8) is 0 Å². The maximum atomic E-state index is 13.3. The molecule has 2 rings (SSSR count). The lowest BCUT2D eigenvalue weighted by Gasteiger charge is -2.10. The maximum Gasteiger partial charge on any atom is 0.139 e. The lowest BCUT2D eigenvalue weighted by Crippen LogP contribution is -2.01. The molecule has 18 heavy (non-hydrogen) atoms. The molecular weight excluding hydrogens is 297 g/mol. The van der Waals surface area contributed by atoms with Gasteiger partial charge in [0.05, 0.1) is 11.6 Å². The molecule has 0 spiro atoms. The summed E-state index contributed by atoms with van der Waals surface area (Å²) in [6, 6.07) is 12.7. The van der Waals surface area contributed by atoms with E-state index in [4.69, 9.17) is 4.74 Å². The molecule has 0 radical (unpaired) electrons. The van der Waals surface area contributed by atoms with Crippen LogP contribution in [0.2, 0.25) is 0 Å². The monoisotopic (exact) mass is 309 g/mol. The Morgan fingerprint density at radius 1 is 1.22 bits per heavy atom. The highest BCUT2D eigenvalue weighted by atomic mass is 79.9. The Labute approximate surface area is 114 Å². The third-order valence-electron chi connectivity index (χ3n) is 2.60. The van der Waals surface area contributed by atoms with Crippen LogP contribution in [-0.2, 0) is 6.54 Å². The Balaban J connectivity index is 2.09. The fraction of sp³-hybridized carbons (Fsp3) is 0.143. The second-order valence-corrected chi connectivity index (χ2v) is 4.65. The van der Waals surface area contributed by atoms with E-state index in [0.717, 1.165) is 17.0 Å². The summed E-state index contributed by atoms with van der Waals surface area (Å²) in [6.07, 6.45) is 0. The summed E-state index contributed by atoms with van der Waals surface area (Å²) in [6.45, 7) is 0.588. The van der Waals surface area contributed by atoms with Crippen LogP contribution in [0.15, 0.2) is 46.9 Å². The average Bonchev–Trinajstić information content (AvgIpc) is 2.40. The molecule has 0 aliphatic carbocycles. The standard InChI is InChI=1S/C14H13BrFNO/c1-18-14-5-3-2-4-10(14)9-17-11-6-7-12(15)13(16)8-11/h2-8,17H,9H2,1H3. The Kier molecular flexibility index (Phi) is 4.20. The minimum absolute atomic E-state index is 0.278. The number of hydrogen-bond donors (Lipinski definition) is 1. The molecule has 0 saturated heterocycles. The zero-order valence-corrected chi connectivity index (χ0v) is 11.5. The molecule has 0 unspecified atom stereocenters. The van der Waals surface area contributed by atoms with Gasteiger partial charge >= 0.3 is 0 Å². The Morgan fingerprint density at radius 3 is 2.72 bits per heavy atom. The second-order valence-electron chi connectivity index (χ2n) is 3.79. The van der Waals surface area contributed by atoms with Crippen LogP contribution in [0.3, 0.4) is 0 Å². The molecule has 94 valence electrons. The van der Waals surface area contributed by atoms with Gasteiger partial charge < -0.3 is 10.1 Å². The highest BCUT2D eigenvalue weighted by molar-refractivity contribution is 9.10. The van der Waals surface area contributed by atoms with E-state index in [9.17, 15) is 4.39 Å². The van der Waals surface area contributed by atoms with E-state index in [1.807, 2.05) is 30.3 Å². The molecule has 2 aromatic rings. The highest BCUT2D eigenvalue weighted by Gasteiger charge is 2.03. The van der Waals surface area contributed by atoms with Crippen LogP contribution in [0, 0.1) is 5.82 Å². The summed E-state index contributed by atoms with van der Waals surface area (Å²) in [5.74, 6) is 0.544. The lowest BCUT2D eigenvalue weighted by molar-refractivity contribution is 0.410. The van der Waals surface area contributed by atoms with Crippen LogP contribution < -0.4 is 10.1 Å². The van der Waals surface area contributed by atoms with E-state index in [0.29, 0.717) is 11.0 Å². The topological polar surface area (TPSA) is 21.3 Å². The van der Waals surface area contributed by atoms with Crippen molar-refractivity contribution in [1.82, 2.24) is 0 Å². The van der Waals surface area contributed by atoms with Crippen molar-refractivity contribution < 1.29 is 9.13 Å². The zero-order chi connectivity index (χ0) is 13.0. The Bertz CT molecular complexity index is 545. The Hall–Kier alpha value is -1.55. The summed E-state index contributed by atoms with van der Waals surface area (Å²) in [5.41, 5.74) is 1.77. The van der Waals surface area contributed by atoms with Crippen LogP contribution in [0.1, 0.15) is 5.56 Å². The van der Waals surface area contributed by atoms with Crippen molar-refractivity contribution in [2.24, 2.45) is 0 Å². The van der Waals surface area contributed by atoms with Crippen molar-refractivity contribution in [2.45, 2.75) is 6.54 Å². The fourth-order valence-corrected chi connectivity index (χ4v) is 1.90. The first-order valence-corrected chi connectivity index (χ1v) is 6.31. The van der Waals surface area contributed by atoms with Gasteiger partial charge in [0, 0.05) is 17.8 Å². The third kappa shape index (κ3) is 3.01. The van der Waals surface area contributed by atoms with Gasteiger partial charge in [-0.1, -0.05) is 18.2 Å². The van der Waals surface area contributed by atoms with Gasteiger partial charge in [-0.15, -0.1) is 0 Å². The van der Waals surface area contributed by atoms with Crippen LogP contribution in [0.25, 0.3) is 0 Å². The fourth-order valence-electron chi connectivity index (χ4n) is 1.65. The number of benzene rings is 2. The van der Waals surface area contributed by atoms with Crippen molar-refractivity contribution in [1.29, 1.82) is 0 Å². The molecule has 0 fully saturated rings. The largest absolute Gasteiger partial charge is 0.496 e. The number of methoxy groups -OCH3 is 1. The van der Waals surface area contributed by atoms with Crippen molar-refractivity contribution in [3.8, 4) is 5.75 Å². The van der Waals surface area contributed by atoms with Gasteiger partial charge in [0.1, 0.15) is 11.6 Å². The summed E-state index contributed by atoms with van der Waals surface area (Å²) >= 11 is 3.13. The predicted molar refractivity (Wildman–Crippen MR) is 74.4 cm³/mol. The third-order valence-corrected chi connectivity index (χ3v) is 3.24. The molecule has 0 heterocycles. The normalized spacial score (nSPS) is 10.2. The predicted octanol–water partition coefficient (Wildman–Crippen LogP) is 4.21. The molecule has 2 nitrogen and oxygen atoms in total. The van der Waals surface area contributed by atoms with E-state index in [1.54, 1.807) is 13.2 Å². The van der Waals surface area contributed by atoms with Crippen LogP contribution in [0.4, 0.5) is 10.1 Å². The molecule has 0 amide bonds. The minimum Gasteiger partial charge on any atom is -0.496 e. The van der Waals surface area contributed by atoms with Gasteiger partial charge in [0.25, 0.3) is 0 Å². The van der Waals surface area contributed by atoms with E-state index >= 15 is 0 Å². The Morgan fingerprint density at radius 2 is 2.00 bits per heavy atom.